The third-order valence-corrected chi connectivity index (χ3v) is 3.26. The lowest BCUT2D eigenvalue weighted by Crippen LogP contribution is -2.07. The molecular formula is C16H18O2S. The summed E-state index contributed by atoms with van der Waals surface area (Å²) in [5, 5.41) is 9.55. The van der Waals surface area contributed by atoms with Gasteiger partial charge in [0, 0.05) is 16.9 Å². The molecule has 1 unspecified atom stereocenters. The number of hydrogen-bond donors (Lipinski definition) is 2. The maximum Gasteiger partial charge on any atom is 0.124 e. The molecule has 1 N–H and O–H groups in total. The van der Waals surface area contributed by atoms with Gasteiger partial charge in [0.2, 0.25) is 0 Å². The Morgan fingerprint density at radius 3 is 2.53 bits per heavy atom. The van der Waals surface area contributed by atoms with Gasteiger partial charge in [-0.15, -0.1) is 12.6 Å². The summed E-state index contributed by atoms with van der Waals surface area (Å²) in [6.45, 7) is 2.28. The first kappa shape index (κ1) is 14.0. The number of hydrogen-bond acceptors (Lipinski definition) is 3. The fourth-order valence-corrected chi connectivity index (χ4v) is 2.21. The number of aliphatic hydroxyl groups excluding tert-OH is 1. The maximum absolute atomic E-state index is 9.55. The van der Waals surface area contributed by atoms with Gasteiger partial charge < -0.3 is 9.84 Å². The van der Waals surface area contributed by atoms with Crippen molar-refractivity contribution in [3.05, 3.63) is 59.7 Å². The third kappa shape index (κ3) is 4.01. The standard InChI is InChI=1S/C16H18O2S/c1-12(17)10-14-15(8-5-9-16(14)19)18-11-13-6-3-2-4-7-13/h2-9,12,17,19H,10-11H2,1H3. The number of rotatable bonds is 5. The summed E-state index contributed by atoms with van der Waals surface area (Å²) in [7, 11) is 0. The zero-order valence-corrected chi connectivity index (χ0v) is 11.8. The highest BCUT2D eigenvalue weighted by Crippen LogP contribution is 2.27. The minimum Gasteiger partial charge on any atom is -0.489 e. The van der Waals surface area contributed by atoms with E-state index in [9.17, 15) is 5.11 Å². The first-order chi connectivity index (χ1) is 9.16. The molecule has 0 saturated heterocycles. The molecule has 2 rings (SSSR count). The molecule has 0 saturated carbocycles. The highest BCUT2D eigenvalue weighted by molar-refractivity contribution is 7.80. The Morgan fingerprint density at radius 1 is 1.11 bits per heavy atom. The highest BCUT2D eigenvalue weighted by Gasteiger charge is 2.10. The van der Waals surface area contributed by atoms with Crippen LogP contribution in [0.2, 0.25) is 0 Å². The lowest BCUT2D eigenvalue weighted by molar-refractivity contribution is 0.192. The molecule has 0 heterocycles. The molecule has 19 heavy (non-hydrogen) atoms. The Bertz CT molecular complexity index is 524. The van der Waals surface area contributed by atoms with Crippen molar-refractivity contribution in [3.8, 4) is 5.75 Å². The quantitative estimate of drug-likeness (QED) is 0.817. The molecule has 3 heteroatoms. The molecule has 0 aliphatic heterocycles. The summed E-state index contributed by atoms with van der Waals surface area (Å²) in [6.07, 6.45) is 0.136. The highest BCUT2D eigenvalue weighted by atomic mass is 32.1. The number of aliphatic hydroxyl groups is 1. The number of thiol groups is 1. The van der Waals surface area contributed by atoms with Crippen molar-refractivity contribution < 1.29 is 9.84 Å². The fourth-order valence-electron chi connectivity index (χ4n) is 1.93. The van der Waals surface area contributed by atoms with Crippen molar-refractivity contribution in [2.24, 2.45) is 0 Å². The molecule has 2 aromatic carbocycles. The van der Waals surface area contributed by atoms with Crippen LogP contribution >= 0.6 is 12.6 Å². The first-order valence-corrected chi connectivity index (χ1v) is 6.77. The second kappa shape index (κ2) is 6.64. The van der Waals surface area contributed by atoms with E-state index in [0.717, 1.165) is 21.8 Å². The topological polar surface area (TPSA) is 29.5 Å². The zero-order chi connectivity index (χ0) is 13.7. The summed E-state index contributed by atoms with van der Waals surface area (Å²) in [4.78, 5) is 0.853. The molecule has 0 bridgehead atoms. The molecule has 0 aliphatic carbocycles. The van der Waals surface area contributed by atoms with Crippen molar-refractivity contribution in [2.75, 3.05) is 0 Å². The molecule has 0 fully saturated rings. The van der Waals surface area contributed by atoms with Crippen molar-refractivity contribution in [1.29, 1.82) is 0 Å². The maximum atomic E-state index is 9.55. The lowest BCUT2D eigenvalue weighted by atomic mass is 10.1. The first-order valence-electron chi connectivity index (χ1n) is 6.32. The van der Waals surface area contributed by atoms with Gasteiger partial charge in [-0.1, -0.05) is 36.4 Å². The summed E-state index contributed by atoms with van der Waals surface area (Å²) in [6, 6.07) is 15.8. The van der Waals surface area contributed by atoms with Crippen LogP contribution in [-0.2, 0) is 13.0 Å². The van der Waals surface area contributed by atoms with E-state index in [1.807, 2.05) is 48.5 Å². The van der Waals surface area contributed by atoms with E-state index in [1.54, 1.807) is 6.92 Å². The molecule has 100 valence electrons. The van der Waals surface area contributed by atoms with E-state index in [0.29, 0.717) is 13.0 Å². The lowest BCUT2D eigenvalue weighted by Gasteiger charge is -2.14. The monoisotopic (exact) mass is 274 g/mol. The average molecular weight is 274 g/mol. The Kier molecular flexibility index (Phi) is 4.88. The Labute approximate surface area is 119 Å². The van der Waals surface area contributed by atoms with Gasteiger partial charge in [0.15, 0.2) is 0 Å². The SMILES string of the molecule is CC(O)Cc1c(S)cccc1OCc1ccccc1. The van der Waals surface area contributed by atoms with Crippen LogP contribution in [0.25, 0.3) is 0 Å². The van der Waals surface area contributed by atoms with E-state index in [2.05, 4.69) is 12.6 Å². The van der Waals surface area contributed by atoms with Crippen LogP contribution in [-0.4, -0.2) is 11.2 Å². The molecule has 1 atom stereocenters. The van der Waals surface area contributed by atoms with Crippen LogP contribution < -0.4 is 4.74 Å². The summed E-state index contributed by atoms with van der Waals surface area (Å²) in [5.74, 6) is 0.789. The van der Waals surface area contributed by atoms with Crippen LogP contribution in [0.15, 0.2) is 53.4 Å². The van der Waals surface area contributed by atoms with Gasteiger partial charge in [-0.25, -0.2) is 0 Å². The van der Waals surface area contributed by atoms with E-state index in [1.165, 1.54) is 0 Å². The van der Waals surface area contributed by atoms with Crippen LogP contribution in [0.1, 0.15) is 18.1 Å². The van der Waals surface area contributed by atoms with Crippen molar-refractivity contribution in [1.82, 2.24) is 0 Å². The van der Waals surface area contributed by atoms with E-state index >= 15 is 0 Å². The Balaban J connectivity index is 2.13. The molecule has 0 aliphatic rings. The van der Waals surface area contributed by atoms with Crippen molar-refractivity contribution >= 4 is 12.6 Å². The second-order valence-corrected chi connectivity index (χ2v) is 5.06. The second-order valence-electron chi connectivity index (χ2n) is 4.58. The van der Waals surface area contributed by atoms with Gasteiger partial charge in [0.05, 0.1) is 6.10 Å². The molecule has 0 radical (unpaired) electrons. The van der Waals surface area contributed by atoms with Gasteiger partial charge in [-0.2, -0.15) is 0 Å². The number of ether oxygens (including phenoxy) is 1. The van der Waals surface area contributed by atoms with Gasteiger partial charge in [-0.05, 0) is 24.6 Å². The Hall–Kier alpha value is -1.45. The van der Waals surface area contributed by atoms with E-state index in [4.69, 9.17) is 4.74 Å². The van der Waals surface area contributed by atoms with E-state index < -0.39 is 6.10 Å². The molecule has 2 aromatic rings. The summed E-state index contributed by atoms with van der Waals surface area (Å²) >= 11 is 4.43. The van der Waals surface area contributed by atoms with Gasteiger partial charge in [-0.3, -0.25) is 0 Å². The largest absolute Gasteiger partial charge is 0.489 e. The van der Waals surface area contributed by atoms with E-state index in [-0.39, 0.29) is 0 Å². The molecule has 2 nitrogen and oxygen atoms in total. The van der Waals surface area contributed by atoms with Gasteiger partial charge in [0.25, 0.3) is 0 Å². The fraction of sp³-hybridized carbons (Fsp3) is 0.250. The predicted molar refractivity (Wildman–Crippen MR) is 79.9 cm³/mol. The normalized spacial score (nSPS) is 12.2. The third-order valence-electron chi connectivity index (χ3n) is 2.85. The number of benzene rings is 2. The summed E-state index contributed by atoms with van der Waals surface area (Å²) in [5.41, 5.74) is 2.08. The van der Waals surface area contributed by atoms with Gasteiger partial charge >= 0.3 is 0 Å². The van der Waals surface area contributed by atoms with Crippen LogP contribution in [0, 0.1) is 0 Å². The van der Waals surface area contributed by atoms with Crippen molar-refractivity contribution in [2.45, 2.75) is 31.0 Å². The molecule has 0 spiro atoms. The van der Waals surface area contributed by atoms with Crippen LogP contribution in [0.4, 0.5) is 0 Å². The van der Waals surface area contributed by atoms with Crippen LogP contribution in [0.5, 0.6) is 5.75 Å². The minimum absolute atomic E-state index is 0.410. The predicted octanol–water partition coefficient (Wildman–Crippen LogP) is 3.48. The van der Waals surface area contributed by atoms with Crippen molar-refractivity contribution in [3.63, 3.8) is 0 Å². The van der Waals surface area contributed by atoms with Crippen LogP contribution in [0.3, 0.4) is 0 Å². The Morgan fingerprint density at radius 2 is 1.84 bits per heavy atom. The average Bonchev–Trinajstić information content (AvgIpc) is 2.40. The molecule has 0 aromatic heterocycles. The zero-order valence-electron chi connectivity index (χ0n) is 10.9. The summed E-state index contributed by atoms with van der Waals surface area (Å²) < 4.78 is 5.84. The molecular weight excluding hydrogens is 256 g/mol. The molecule has 0 amide bonds. The van der Waals surface area contributed by atoms with Gasteiger partial charge in [0.1, 0.15) is 12.4 Å². The minimum atomic E-state index is -0.410. The smallest absolute Gasteiger partial charge is 0.124 e.